The maximum absolute atomic E-state index is 12.8. The van der Waals surface area contributed by atoms with Crippen LogP contribution in [0.1, 0.15) is 5.76 Å². The highest BCUT2D eigenvalue weighted by molar-refractivity contribution is 5.81. The van der Waals surface area contributed by atoms with Gasteiger partial charge in [0.05, 0.1) is 31.1 Å². The van der Waals surface area contributed by atoms with Crippen LogP contribution in [0.2, 0.25) is 0 Å². The van der Waals surface area contributed by atoms with Crippen molar-refractivity contribution in [3.05, 3.63) is 64.8 Å². The van der Waals surface area contributed by atoms with Gasteiger partial charge < -0.3 is 14.1 Å². The van der Waals surface area contributed by atoms with Crippen molar-refractivity contribution in [3.63, 3.8) is 0 Å². The molecule has 0 N–H and O–H groups in total. The maximum Gasteiger partial charge on any atom is 0.244 e. The first-order valence-electron chi connectivity index (χ1n) is 7.93. The molecule has 25 heavy (non-hydrogen) atoms. The average Bonchev–Trinajstić information content (AvgIpc) is 3.14. The van der Waals surface area contributed by atoms with E-state index in [-0.39, 0.29) is 17.9 Å². The lowest BCUT2D eigenvalue weighted by atomic mass is 10.2. The third kappa shape index (κ3) is 3.95. The first-order chi connectivity index (χ1) is 12.2. The van der Waals surface area contributed by atoms with Crippen molar-refractivity contribution in [1.29, 1.82) is 0 Å². The minimum atomic E-state index is -0.161. The average molecular weight is 341 g/mol. The number of carbonyl (C=O) groups is 1. The van der Waals surface area contributed by atoms with Crippen LogP contribution >= 0.6 is 0 Å². The summed E-state index contributed by atoms with van der Waals surface area (Å²) in [5.74, 6) is 0.567. The molecule has 130 valence electrons. The van der Waals surface area contributed by atoms with E-state index in [1.54, 1.807) is 47.2 Å². The summed E-state index contributed by atoms with van der Waals surface area (Å²) in [6.45, 7) is 1.25. The number of para-hydroxylation sites is 1. The summed E-state index contributed by atoms with van der Waals surface area (Å²) in [6.07, 6.45) is 2.81. The van der Waals surface area contributed by atoms with Crippen molar-refractivity contribution >= 4 is 16.8 Å². The van der Waals surface area contributed by atoms with Crippen molar-refractivity contribution in [2.45, 2.75) is 13.1 Å². The zero-order valence-corrected chi connectivity index (χ0v) is 13.9. The van der Waals surface area contributed by atoms with Crippen LogP contribution in [0, 0.1) is 0 Å². The van der Waals surface area contributed by atoms with Gasteiger partial charge in [0.25, 0.3) is 0 Å². The van der Waals surface area contributed by atoms with Gasteiger partial charge in [-0.1, -0.05) is 12.1 Å². The number of carbonyl (C=O) groups excluding carboxylic acids is 1. The molecule has 0 spiro atoms. The van der Waals surface area contributed by atoms with Gasteiger partial charge in [0, 0.05) is 19.0 Å². The Balaban J connectivity index is 1.83. The molecule has 2 aromatic heterocycles. The molecular formula is C18H19N3O4. The number of hydrogen-bond donors (Lipinski definition) is 0. The molecule has 0 aliphatic carbocycles. The topological polar surface area (TPSA) is 77.6 Å². The number of furan rings is 1. The Labute approximate surface area is 144 Å². The normalized spacial score (nSPS) is 10.9. The van der Waals surface area contributed by atoms with E-state index in [0.29, 0.717) is 36.4 Å². The van der Waals surface area contributed by atoms with Gasteiger partial charge in [0.2, 0.25) is 11.3 Å². The monoisotopic (exact) mass is 341 g/mol. The highest BCUT2D eigenvalue weighted by Crippen LogP contribution is 2.10. The summed E-state index contributed by atoms with van der Waals surface area (Å²) in [4.78, 5) is 26.3. The summed E-state index contributed by atoms with van der Waals surface area (Å²) in [6, 6.07) is 10.7. The van der Waals surface area contributed by atoms with Gasteiger partial charge in [-0.25, -0.2) is 0 Å². The molecule has 0 aliphatic heterocycles. The summed E-state index contributed by atoms with van der Waals surface area (Å²) < 4.78 is 12.0. The molecule has 3 rings (SSSR count). The number of rotatable bonds is 7. The van der Waals surface area contributed by atoms with Crippen LogP contribution in [0.25, 0.3) is 10.9 Å². The van der Waals surface area contributed by atoms with Crippen molar-refractivity contribution < 1.29 is 13.9 Å². The molecule has 0 fully saturated rings. The summed E-state index contributed by atoms with van der Waals surface area (Å²) in [5.41, 5.74) is 0.471. The molecule has 0 saturated carbocycles. The molecule has 0 aliphatic rings. The molecule has 1 aromatic carbocycles. The van der Waals surface area contributed by atoms with Crippen LogP contribution in [0.4, 0.5) is 0 Å². The van der Waals surface area contributed by atoms with E-state index in [4.69, 9.17) is 9.15 Å². The third-order valence-corrected chi connectivity index (χ3v) is 3.89. The van der Waals surface area contributed by atoms with Crippen molar-refractivity contribution in [2.75, 3.05) is 20.3 Å². The quantitative estimate of drug-likeness (QED) is 0.653. The van der Waals surface area contributed by atoms with Gasteiger partial charge in [-0.3, -0.25) is 14.3 Å². The highest BCUT2D eigenvalue weighted by atomic mass is 16.5. The van der Waals surface area contributed by atoms with Crippen molar-refractivity contribution in [2.24, 2.45) is 0 Å². The molecule has 0 atom stereocenters. The Bertz CT molecular complexity index is 902. The molecule has 0 bridgehead atoms. The van der Waals surface area contributed by atoms with E-state index in [2.05, 4.69) is 5.10 Å². The number of ether oxygens (including phenoxy) is 1. The zero-order chi connectivity index (χ0) is 17.6. The number of methoxy groups -OCH3 is 1. The van der Waals surface area contributed by atoms with Gasteiger partial charge in [0.1, 0.15) is 12.3 Å². The minimum absolute atomic E-state index is 0.0330. The van der Waals surface area contributed by atoms with Gasteiger partial charge >= 0.3 is 0 Å². The number of nitrogens with zero attached hydrogens (tertiary/aromatic N) is 3. The lowest BCUT2D eigenvalue weighted by Gasteiger charge is -2.22. The Morgan fingerprint density at radius 1 is 1.28 bits per heavy atom. The van der Waals surface area contributed by atoms with Crippen molar-refractivity contribution in [1.82, 2.24) is 14.7 Å². The first-order valence-corrected chi connectivity index (χ1v) is 7.93. The standard InChI is InChI=1S/C18H19N3O4/c1-24-10-8-20(12-14-5-4-9-25-14)18(23)13-21-16-7-3-2-6-15(16)17(22)11-19-21/h2-7,9,11H,8,10,12-13H2,1H3. The van der Waals surface area contributed by atoms with Crippen molar-refractivity contribution in [3.8, 4) is 0 Å². The summed E-state index contributed by atoms with van der Waals surface area (Å²) >= 11 is 0. The molecule has 2 heterocycles. The fourth-order valence-electron chi connectivity index (χ4n) is 2.60. The van der Waals surface area contributed by atoms with Crippen LogP contribution in [0.3, 0.4) is 0 Å². The van der Waals surface area contributed by atoms with E-state index in [0.717, 1.165) is 0 Å². The number of hydrogen-bond acceptors (Lipinski definition) is 5. The summed E-state index contributed by atoms with van der Waals surface area (Å²) in [5, 5.41) is 4.65. The van der Waals surface area contributed by atoms with E-state index >= 15 is 0 Å². The molecule has 0 saturated heterocycles. The Morgan fingerprint density at radius 2 is 2.12 bits per heavy atom. The molecule has 1 amide bonds. The molecule has 3 aromatic rings. The van der Waals surface area contributed by atoms with Gasteiger partial charge in [-0.2, -0.15) is 5.10 Å². The van der Waals surface area contributed by atoms with Crippen LogP contribution < -0.4 is 5.43 Å². The fraction of sp³-hybridized carbons (Fsp3) is 0.278. The van der Waals surface area contributed by atoms with Gasteiger partial charge in [0.15, 0.2) is 0 Å². The number of aromatic nitrogens is 2. The molecule has 0 radical (unpaired) electrons. The fourth-order valence-corrected chi connectivity index (χ4v) is 2.60. The summed E-state index contributed by atoms with van der Waals surface area (Å²) in [7, 11) is 1.59. The lowest BCUT2D eigenvalue weighted by Crippen LogP contribution is -2.36. The van der Waals surface area contributed by atoms with E-state index in [1.807, 2.05) is 12.1 Å². The van der Waals surface area contributed by atoms with Gasteiger partial charge in [-0.05, 0) is 24.3 Å². The van der Waals surface area contributed by atoms with Gasteiger partial charge in [-0.15, -0.1) is 0 Å². The number of benzene rings is 1. The predicted molar refractivity (Wildman–Crippen MR) is 92.0 cm³/mol. The second kappa shape index (κ2) is 7.76. The lowest BCUT2D eigenvalue weighted by molar-refractivity contribution is -0.133. The molecule has 7 heteroatoms. The zero-order valence-electron chi connectivity index (χ0n) is 13.9. The van der Waals surface area contributed by atoms with Crippen LogP contribution in [0.15, 0.2) is 58.1 Å². The Hall–Kier alpha value is -2.93. The number of fused-ring (bicyclic) bond motifs is 1. The molecule has 7 nitrogen and oxygen atoms in total. The van der Waals surface area contributed by atoms with E-state index < -0.39 is 0 Å². The minimum Gasteiger partial charge on any atom is -0.467 e. The predicted octanol–water partition coefficient (Wildman–Crippen LogP) is 1.66. The van der Waals surface area contributed by atoms with Crippen LogP contribution in [-0.4, -0.2) is 40.8 Å². The SMILES string of the molecule is COCCN(Cc1ccco1)C(=O)Cn1ncc(=O)c2ccccc21. The maximum atomic E-state index is 12.8. The highest BCUT2D eigenvalue weighted by Gasteiger charge is 2.17. The molecular weight excluding hydrogens is 322 g/mol. The van der Waals surface area contributed by atoms with E-state index in [1.165, 1.54) is 6.20 Å². The van der Waals surface area contributed by atoms with Crippen LogP contribution in [0.5, 0.6) is 0 Å². The Kier molecular flexibility index (Phi) is 5.25. The second-order valence-corrected chi connectivity index (χ2v) is 5.57. The smallest absolute Gasteiger partial charge is 0.244 e. The Morgan fingerprint density at radius 3 is 2.88 bits per heavy atom. The van der Waals surface area contributed by atoms with E-state index in [9.17, 15) is 9.59 Å². The van der Waals surface area contributed by atoms with Crippen LogP contribution in [-0.2, 0) is 22.6 Å². The first kappa shape index (κ1) is 16.9. The third-order valence-electron chi connectivity index (χ3n) is 3.89. The number of amides is 1. The largest absolute Gasteiger partial charge is 0.467 e. The molecule has 0 unspecified atom stereocenters. The second-order valence-electron chi connectivity index (χ2n) is 5.57.